The fourth-order valence-corrected chi connectivity index (χ4v) is 4.53. The predicted molar refractivity (Wildman–Crippen MR) is 88.7 cm³/mol. The normalized spacial score (nSPS) is 22.2. The lowest BCUT2D eigenvalue weighted by Crippen LogP contribution is -2.41. The van der Waals surface area contributed by atoms with Gasteiger partial charge in [0.2, 0.25) is 10.0 Å². The molecule has 0 unspecified atom stereocenters. The zero-order valence-corrected chi connectivity index (χ0v) is 15.0. The highest BCUT2D eigenvalue weighted by Crippen LogP contribution is 2.24. The summed E-state index contributed by atoms with van der Waals surface area (Å²) < 4.78 is 50.9. The number of morpholine rings is 1. The summed E-state index contributed by atoms with van der Waals surface area (Å²) in [4.78, 5) is 23.5. The smallest absolute Gasteiger partial charge is 0.338 e. The fraction of sp³-hybridized carbons (Fsp3) is 0.529. The molecule has 1 aromatic carbocycles. The van der Waals surface area contributed by atoms with E-state index in [0.29, 0.717) is 12.8 Å². The Labute approximate surface area is 151 Å². The van der Waals surface area contributed by atoms with E-state index in [2.05, 4.69) is 0 Å². The van der Waals surface area contributed by atoms with Crippen LogP contribution in [0.5, 0.6) is 0 Å². The highest BCUT2D eigenvalue weighted by Gasteiger charge is 2.31. The van der Waals surface area contributed by atoms with Gasteiger partial charge in [-0.05, 0) is 37.5 Å². The Kier molecular flexibility index (Phi) is 5.69. The molecule has 1 aromatic rings. The molecule has 2 aliphatic rings. The van der Waals surface area contributed by atoms with Crippen molar-refractivity contribution in [1.29, 1.82) is 0 Å². The maximum absolute atomic E-state index is 14.2. The SMILES string of the molecule is O=C(O[C@H]1CCCCC1=O)c1ccc(F)c(S(=O)(=O)N2CCOCC2)c1. The topological polar surface area (TPSA) is 90.0 Å². The van der Waals surface area contributed by atoms with Gasteiger partial charge in [0.15, 0.2) is 11.9 Å². The maximum atomic E-state index is 14.2. The minimum atomic E-state index is -4.09. The van der Waals surface area contributed by atoms with E-state index in [-0.39, 0.29) is 37.6 Å². The van der Waals surface area contributed by atoms with Crippen LogP contribution in [-0.4, -0.2) is 56.9 Å². The molecule has 1 heterocycles. The molecule has 26 heavy (non-hydrogen) atoms. The van der Waals surface area contributed by atoms with Crippen molar-refractivity contribution < 1.29 is 31.9 Å². The highest BCUT2D eigenvalue weighted by atomic mass is 32.2. The molecule has 0 aromatic heterocycles. The first-order valence-corrected chi connectivity index (χ1v) is 9.95. The Hall–Kier alpha value is -1.84. The number of carbonyl (C=O) groups is 2. The number of rotatable bonds is 4. The number of sulfonamides is 1. The number of nitrogens with zero attached hydrogens (tertiary/aromatic N) is 1. The summed E-state index contributed by atoms with van der Waals surface area (Å²) >= 11 is 0. The monoisotopic (exact) mass is 385 g/mol. The number of Topliss-reactive ketones (excluding diaryl/α,β-unsaturated/α-hetero) is 1. The molecular weight excluding hydrogens is 365 g/mol. The van der Waals surface area contributed by atoms with E-state index in [1.165, 1.54) is 0 Å². The van der Waals surface area contributed by atoms with Gasteiger partial charge >= 0.3 is 5.97 Å². The zero-order chi connectivity index (χ0) is 18.7. The van der Waals surface area contributed by atoms with Crippen molar-refractivity contribution in [1.82, 2.24) is 4.31 Å². The maximum Gasteiger partial charge on any atom is 0.338 e. The number of ether oxygens (including phenoxy) is 2. The number of ketones is 1. The van der Waals surface area contributed by atoms with E-state index < -0.39 is 32.8 Å². The summed E-state index contributed by atoms with van der Waals surface area (Å²) in [5, 5.41) is 0. The molecule has 3 rings (SSSR count). The number of esters is 1. The van der Waals surface area contributed by atoms with Gasteiger partial charge in [-0.25, -0.2) is 17.6 Å². The number of hydrogen-bond acceptors (Lipinski definition) is 6. The number of hydrogen-bond donors (Lipinski definition) is 0. The number of carbonyl (C=O) groups excluding carboxylic acids is 2. The number of halogens is 1. The molecular formula is C17H20FNO6S. The molecule has 2 fully saturated rings. The molecule has 142 valence electrons. The molecule has 9 heteroatoms. The second-order valence-electron chi connectivity index (χ2n) is 6.27. The largest absolute Gasteiger partial charge is 0.451 e. The van der Waals surface area contributed by atoms with Crippen molar-refractivity contribution in [2.45, 2.75) is 36.7 Å². The van der Waals surface area contributed by atoms with E-state index in [9.17, 15) is 22.4 Å². The third-order valence-corrected chi connectivity index (χ3v) is 6.42. The van der Waals surface area contributed by atoms with Gasteiger partial charge in [-0.1, -0.05) is 0 Å². The quantitative estimate of drug-likeness (QED) is 0.730. The Morgan fingerprint density at radius 3 is 2.65 bits per heavy atom. The first kappa shape index (κ1) is 18.9. The molecule has 1 aliphatic heterocycles. The summed E-state index contributed by atoms with van der Waals surface area (Å²) in [7, 11) is -4.09. The summed E-state index contributed by atoms with van der Waals surface area (Å²) in [5.74, 6) is -1.92. The van der Waals surface area contributed by atoms with E-state index in [1.807, 2.05) is 0 Å². The van der Waals surface area contributed by atoms with Crippen molar-refractivity contribution in [3.05, 3.63) is 29.6 Å². The van der Waals surface area contributed by atoms with Gasteiger partial charge in [0.25, 0.3) is 0 Å². The van der Waals surface area contributed by atoms with E-state index in [4.69, 9.17) is 9.47 Å². The molecule has 0 radical (unpaired) electrons. The summed E-state index contributed by atoms with van der Waals surface area (Å²) in [6.07, 6.45) is 1.54. The van der Waals surface area contributed by atoms with Crippen LogP contribution >= 0.6 is 0 Å². The lowest BCUT2D eigenvalue weighted by atomic mass is 9.96. The van der Waals surface area contributed by atoms with Crippen LogP contribution in [0.4, 0.5) is 4.39 Å². The second kappa shape index (κ2) is 7.81. The first-order valence-electron chi connectivity index (χ1n) is 8.51. The van der Waals surface area contributed by atoms with Crippen LogP contribution in [-0.2, 0) is 24.3 Å². The van der Waals surface area contributed by atoms with Crippen molar-refractivity contribution in [3.63, 3.8) is 0 Å². The van der Waals surface area contributed by atoms with Crippen LogP contribution in [0.1, 0.15) is 36.0 Å². The zero-order valence-electron chi connectivity index (χ0n) is 14.1. The molecule has 0 bridgehead atoms. The molecule has 1 saturated heterocycles. The average Bonchev–Trinajstić information content (AvgIpc) is 2.64. The van der Waals surface area contributed by atoms with Crippen molar-refractivity contribution >= 4 is 21.8 Å². The van der Waals surface area contributed by atoms with Gasteiger partial charge in [0.05, 0.1) is 18.8 Å². The standard InChI is InChI=1S/C17H20FNO6S/c18-13-6-5-12(17(21)25-15-4-2-1-3-14(15)20)11-16(13)26(22,23)19-7-9-24-10-8-19/h5-6,11,15H,1-4,7-10H2/t15-/m0/s1. The van der Waals surface area contributed by atoms with Crippen LogP contribution in [0.3, 0.4) is 0 Å². The summed E-state index contributed by atoms with van der Waals surface area (Å²) in [6.45, 7) is 0.693. The number of benzene rings is 1. The fourth-order valence-electron chi connectivity index (χ4n) is 3.03. The molecule has 0 N–H and O–H groups in total. The molecule has 0 spiro atoms. The van der Waals surface area contributed by atoms with E-state index in [0.717, 1.165) is 35.3 Å². The van der Waals surface area contributed by atoms with Crippen LogP contribution in [0.2, 0.25) is 0 Å². The molecule has 1 saturated carbocycles. The Morgan fingerprint density at radius 1 is 1.23 bits per heavy atom. The Bertz CT molecular complexity index is 803. The van der Waals surface area contributed by atoms with Crippen LogP contribution in [0.15, 0.2) is 23.1 Å². The molecule has 1 atom stereocenters. The van der Waals surface area contributed by atoms with Gasteiger partial charge in [-0.15, -0.1) is 0 Å². The van der Waals surface area contributed by atoms with E-state index >= 15 is 0 Å². The van der Waals surface area contributed by atoms with Crippen molar-refractivity contribution in [2.75, 3.05) is 26.3 Å². The summed E-state index contributed by atoms with van der Waals surface area (Å²) in [6, 6.07) is 3.05. The minimum absolute atomic E-state index is 0.100. The lowest BCUT2D eigenvalue weighted by Gasteiger charge is -2.26. The molecule has 7 nitrogen and oxygen atoms in total. The highest BCUT2D eigenvalue weighted by molar-refractivity contribution is 7.89. The second-order valence-corrected chi connectivity index (χ2v) is 8.17. The Morgan fingerprint density at radius 2 is 1.96 bits per heavy atom. The van der Waals surface area contributed by atoms with Gasteiger partial charge in [-0.3, -0.25) is 4.79 Å². The van der Waals surface area contributed by atoms with Gasteiger partial charge in [0, 0.05) is 19.5 Å². The summed E-state index contributed by atoms with van der Waals surface area (Å²) in [5.41, 5.74) is -0.100. The van der Waals surface area contributed by atoms with Crippen molar-refractivity contribution in [3.8, 4) is 0 Å². The van der Waals surface area contributed by atoms with Crippen molar-refractivity contribution in [2.24, 2.45) is 0 Å². The van der Waals surface area contributed by atoms with Gasteiger partial charge < -0.3 is 9.47 Å². The molecule has 0 amide bonds. The third kappa shape index (κ3) is 3.94. The average molecular weight is 385 g/mol. The lowest BCUT2D eigenvalue weighted by molar-refractivity contribution is -0.129. The van der Waals surface area contributed by atoms with Crippen LogP contribution < -0.4 is 0 Å². The third-order valence-electron chi connectivity index (χ3n) is 4.50. The van der Waals surface area contributed by atoms with E-state index in [1.54, 1.807) is 0 Å². The molecule has 1 aliphatic carbocycles. The van der Waals surface area contributed by atoms with Crippen LogP contribution in [0.25, 0.3) is 0 Å². The first-order chi connectivity index (χ1) is 12.4. The van der Waals surface area contributed by atoms with Crippen LogP contribution in [0, 0.1) is 5.82 Å². The minimum Gasteiger partial charge on any atom is -0.451 e. The van der Waals surface area contributed by atoms with Gasteiger partial charge in [0.1, 0.15) is 10.7 Å². The Balaban J connectivity index is 1.82. The van der Waals surface area contributed by atoms with Gasteiger partial charge in [-0.2, -0.15) is 4.31 Å². The predicted octanol–water partition coefficient (Wildman–Crippen LogP) is 1.52.